The Labute approximate surface area is 107 Å². The van der Waals surface area contributed by atoms with Crippen LogP contribution in [0.15, 0.2) is 51.7 Å². The van der Waals surface area contributed by atoms with E-state index in [-0.39, 0.29) is 0 Å². The van der Waals surface area contributed by atoms with Gasteiger partial charge in [0, 0.05) is 4.47 Å². The molecule has 0 saturated carbocycles. The van der Waals surface area contributed by atoms with Gasteiger partial charge in [-0.2, -0.15) is 0 Å². The van der Waals surface area contributed by atoms with Crippen molar-refractivity contribution in [2.24, 2.45) is 0 Å². The number of hydrogen-bond acceptors (Lipinski definition) is 2. The van der Waals surface area contributed by atoms with Gasteiger partial charge in [-0.15, -0.1) is 0 Å². The van der Waals surface area contributed by atoms with E-state index in [2.05, 4.69) is 15.9 Å². The highest BCUT2D eigenvalue weighted by Gasteiger charge is 2.22. The van der Waals surface area contributed by atoms with Crippen molar-refractivity contribution in [1.29, 1.82) is 0 Å². The molecule has 2 aromatic rings. The first-order valence-electron chi connectivity index (χ1n) is 5.17. The van der Waals surface area contributed by atoms with E-state index in [4.69, 9.17) is 4.42 Å². The molecule has 1 aromatic carbocycles. The average molecular weight is 295 g/mol. The first-order chi connectivity index (χ1) is 8.18. The smallest absolute Gasteiger partial charge is 0.311 e. The van der Waals surface area contributed by atoms with Crippen LogP contribution in [0, 0.1) is 0 Å². The van der Waals surface area contributed by atoms with Crippen LogP contribution in [0.25, 0.3) is 0 Å². The van der Waals surface area contributed by atoms with Gasteiger partial charge in [0.2, 0.25) is 0 Å². The van der Waals surface area contributed by atoms with Crippen molar-refractivity contribution in [3.8, 4) is 0 Å². The lowest BCUT2D eigenvalue weighted by Crippen LogP contribution is -2.14. The molecular weight excluding hydrogens is 284 g/mol. The van der Waals surface area contributed by atoms with Crippen LogP contribution < -0.4 is 0 Å². The van der Waals surface area contributed by atoms with Crippen LogP contribution in [-0.2, 0) is 11.2 Å². The topological polar surface area (TPSA) is 50.4 Å². The van der Waals surface area contributed by atoms with Gasteiger partial charge in [0.05, 0.1) is 18.4 Å². The van der Waals surface area contributed by atoms with E-state index in [1.165, 1.54) is 0 Å². The zero-order valence-electron chi connectivity index (χ0n) is 8.97. The number of aliphatic carboxylic acids is 1. The normalized spacial score (nSPS) is 12.3. The Morgan fingerprint density at radius 3 is 2.71 bits per heavy atom. The summed E-state index contributed by atoms with van der Waals surface area (Å²) in [6.45, 7) is 0. The van der Waals surface area contributed by atoms with Crippen molar-refractivity contribution in [2.45, 2.75) is 12.3 Å². The molecule has 1 heterocycles. The molecule has 1 N–H and O–H groups in total. The predicted molar refractivity (Wildman–Crippen MR) is 66.9 cm³/mol. The fraction of sp³-hybridized carbons (Fsp3) is 0.154. The lowest BCUT2D eigenvalue weighted by molar-refractivity contribution is -0.138. The van der Waals surface area contributed by atoms with Crippen molar-refractivity contribution in [3.63, 3.8) is 0 Å². The maximum atomic E-state index is 11.3. The van der Waals surface area contributed by atoms with Gasteiger partial charge in [-0.05, 0) is 29.7 Å². The second kappa shape index (κ2) is 5.19. The van der Waals surface area contributed by atoms with Crippen LogP contribution in [0.2, 0.25) is 0 Å². The third-order valence-corrected chi connectivity index (χ3v) is 3.32. The lowest BCUT2D eigenvalue weighted by atomic mass is 9.93. The first-order valence-corrected chi connectivity index (χ1v) is 5.96. The molecule has 88 valence electrons. The van der Waals surface area contributed by atoms with E-state index < -0.39 is 11.9 Å². The van der Waals surface area contributed by atoms with Crippen molar-refractivity contribution >= 4 is 21.9 Å². The first kappa shape index (κ1) is 11.9. The molecule has 1 unspecified atom stereocenters. The largest absolute Gasteiger partial charge is 0.481 e. The van der Waals surface area contributed by atoms with Crippen LogP contribution >= 0.6 is 15.9 Å². The van der Waals surface area contributed by atoms with Gasteiger partial charge >= 0.3 is 5.97 Å². The third kappa shape index (κ3) is 2.77. The highest BCUT2D eigenvalue weighted by Crippen LogP contribution is 2.28. The van der Waals surface area contributed by atoms with Crippen molar-refractivity contribution < 1.29 is 14.3 Å². The molecule has 1 aromatic heterocycles. The second-order valence-corrected chi connectivity index (χ2v) is 4.60. The van der Waals surface area contributed by atoms with Gasteiger partial charge in [-0.25, -0.2) is 0 Å². The number of carboxylic acids is 1. The predicted octanol–water partition coefficient (Wildman–Crippen LogP) is 3.45. The number of benzene rings is 1. The second-order valence-electron chi connectivity index (χ2n) is 3.75. The molecule has 0 radical (unpaired) electrons. The standard InChI is InChI=1S/C13H11BrO3/c14-12-4-2-1-3-10(12)11(13(15)16)7-9-5-6-17-8-9/h1-6,8,11H,7H2,(H,15,16). The summed E-state index contributed by atoms with van der Waals surface area (Å²) in [5.41, 5.74) is 1.66. The van der Waals surface area contributed by atoms with Crippen LogP contribution in [0.4, 0.5) is 0 Å². The summed E-state index contributed by atoms with van der Waals surface area (Å²) in [7, 11) is 0. The SMILES string of the molecule is O=C(O)C(Cc1ccoc1)c1ccccc1Br. The fourth-order valence-corrected chi connectivity index (χ4v) is 2.29. The van der Waals surface area contributed by atoms with E-state index in [9.17, 15) is 9.90 Å². The number of hydrogen-bond donors (Lipinski definition) is 1. The molecule has 0 saturated heterocycles. The summed E-state index contributed by atoms with van der Waals surface area (Å²) in [5, 5.41) is 9.30. The van der Waals surface area contributed by atoms with Gasteiger partial charge in [-0.3, -0.25) is 4.79 Å². The van der Waals surface area contributed by atoms with E-state index in [0.29, 0.717) is 6.42 Å². The Hall–Kier alpha value is -1.55. The number of rotatable bonds is 4. The number of carboxylic acid groups (broad SMARTS) is 1. The molecular formula is C13H11BrO3. The quantitative estimate of drug-likeness (QED) is 0.939. The molecule has 4 heteroatoms. The molecule has 3 nitrogen and oxygen atoms in total. The molecule has 0 aliphatic rings. The van der Waals surface area contributed by atoms with E-state index in [1.807, 2.05) is 24.3 Å². The Balaban J connectivity index is 2.30. The van der Waals surface area contributed by atoms with E-state index in [1.54, 1.807) is 18.6 Å². The van der Waals surface area contributed by atoms with Crippen molar-refractivity contribution in [2.75, 3.05) is 0 Å². The Morgan fingerprint density at radius 1 is 1.35 bits per heavy atom. The monoisotopic (exact) mass is 294 g/mol. The maximum absolute atomic E-state index is 11.3. The molecule has 2 rings (SSSR count). The average Bonchev–Trinajstić information content (AvgIpc) is 2.79. The molecule has 0 spiro atoms. The van der Waals surface area contributed by atoms with Gasteiger partial charge in [0.1, 0.15) is 0 Å². The van der Waals surface area contributed by atoms with Gasteiger partial charge < -0.3 is 9.52 Å². The molecule has 0 amide bonds. The molecule has 1 atom stereocenters. The maximum Gasteiger partial charge on any atom is 0.311 e. The summed E-state index contributed by atoms with van der Waals surface area (Å²) in [6, 6.07) is 9.16. The van der Waals surface area contributed by atoms with Crippen LogP contribution in [0.1, 0.15) is 17.0 Å². The van der Waals surface area contributed by atoms with Gasteiger partial charge in [-0.1, -0.05) is 34.1 Å². The minimum atomic E-state index is -0.835. The summed E-state index contributed by atoms with van der Waals surface area (Å²) in [5.74, 6) is -1.40. The Bertz CT molecular complexity index is 505. The summed E-state index contributed by atoms with van der Waals surface area (Å²) >= 11 is 3.38. The minimum absolute atomic E-state index is 0.425. The molecule has 0 bridgehead atoms. The van der Waals surface area contributed by atoms with Gasteiger partial charge in [0.25, 0.3) is 0 Å². The van der Waals surface area contributed by atoms with Crippen LogP contribution in [0.5, 0.6) is 0 Å². The van der Waals surface area contributed by atoms with Crippen molar-refractivity contribution in [3.05, 3.63) is 58.5 Å². The van der Waals surface area contributed by atoms with Crippen LogP contribution in [0.3, 0.4) is 0 Å². The lowest BCUT2D eigenvalue weighted by Gasteiger charge is -2.13. The van der Waals surface area contributed by atoms with Gasteiger partial charge in [0.15, 0.2) is 0 Å². The van der Waals surface area contributed by atoms with E-state index >= 15 is 0 Å². The highest BCUT2D eigenvalue weighted by atomic mass is 79.9. The fourth-order valence-electron chi connectivity index (χ4n) is 1.73. The number of furan rings is 1. The summed E-state index contributed by atoms with van der Waals surface area (Å²) < 4.78 is 5.77. The molecule has 0 aliphatic heterocycles. The molecule has 0 fully saturated rings. The van der Waals surface area contributed by atoms with E-state index in [0.717, 1.165) is 15.6 Å². The zero-order chi connectivity index (χ0) is 12.3. The third-order valence-electron chi connectivity index (χ3n) is 2.60. The molecule has 17 heavy (non-hydrogen) atoms. The summed E-state index contributed by atoms with van der Waals surface area (Å²) in [6.07, 6.45) is 3.55. The minimum Gasteiger partial charge on any atom is -0.481 e. The Kier molecular flexibility index (Phi) is 3.64. The Morgan fingerprint density at radius 2 is 2.12 bits per heavy atom. The number of halogens is 1. The number of carbonyl (C=O) groups is 1. The highest BCUT2D eigenvalue weighted by molar-refractivity contribution is 9.10. The van der Waals surface area contributed by atoms with Crippen LogP contribution in [-0.4, -0.2) is 11.1 Å². The van der Waals surface area contributed by atoms with Crippen molar-refractivity contribution in [1.82, 2.24) is 0 Å². The summed E-state index contributed by atoms with van der Waals surface area (Å²) in [4.78, 5) is 11.3. The molecule has 0 aliphatic carbocycles. The zero-order valence-corrected chi connectivity index (χ0v) is 10.6.